The normalized spacial score (nSPS) is 10.6. The standard InChI is InChI=1S/C13H10ClF3N6.C13H14N4O4/c1-8-6-9(7-22-20-12(18-21-22)13(15,16)17)19-23(8)11-5-3-2-4-10(11)14;1-8-4-9(6-14)5-10(11(8)15-7-18)12(19)16-17(2)13(20)21-3/h2-6H,7H2,1H3;4-5,7H,1-3H3,(H,15,18)(H,16,19). The molecule has 18 heteroatoms. The molecule has 4 rings (SSSR count). The minimum absolute atomic E-state index is 0.0264. The summed E-state index contributed by atoms with van der Waals surface area (Å²) in [4.78, 5) is 34.9. The summed E-state index contributed by atoms with van der Waals surface area (Å²) >= 11 is 6.13. The lowest BCUT2D eigenvalue weighted by molar-refractivity contribution is -0.145. The molecule has 0 saturated heterocycles. The molecule has 0 unspecified atom stereocenters. The van der Waals surface area contributed by atoms with Crippen LogP contribution in [-0.2, 0) is 22.3 Å². The Morgan fingerprint density at radius 3 is 2.48 bits per heavy atom. The van der Waals surface area contributed by atoms with E-state index in [1.807, 2.05) is 19.1 Å². The number of aromatic nitrogens is 6. The Labute approximate surface area is 252 Å². The summed E-state index contributed by atoms with van der Waals surface area (Å²) in [5.41, 5.74) is 5.37. The van der Waals surface area contributed by atoms with Gasteiger partial charge in [0.1, 0.15) is 6.54 Å². The van der Waals surface area contributed by atoms with Crippen molar-refractivity contribution in [1.82, 2.24) is 40.4 Å². The third-order valence-electron chi connectivity index (χ3n) is 5.66. The van der Waals surface area contributed by atoms with E-state index < -0.39 is 24.0 Å². The first-order chi connectivity index (χ1) is 20.8. The van der Waals surface area contributed by atoms with Gasteiger partial charge < -0.3 is 10.1 Å². The summed E-state index contributed by atoms with van der Waals surface area (Å²) in [6.07, 6.45) is -4.96. The van der Waals surface area contributed by atoms with Crippen molar-refractivity contribution in [2.45, 2.75) is 26.6 Å². The molecule has 2 aromatic carbocycles. The number of tetrazole rings is 1. The molecule has 2 heterocycles. The minimum Gasteiger partial charge on any atom is -0.452 e. The van der Waals surface area contributed by atoms with Crippen LogP contribution < -0.4 is 10.7 Å². The molecule has 2 aromatic heterocycles. The molecule has 230 valence electrons. The van der Waals surface area contributed by atoms with Gasteiger partial charge in [0, 0.05) is 12.7 Å². The van der Waals surface area contributed by atoms with E-state index in [-0.39, 0.29) is 23.4 Å². The van der Waals surface area contributed by atoms with Crippen LogP contribution in [0.2, 0.25) is 5.02 Å². The van der Waals surface area contributed by atoms with Crippen LogP contribution in [-0.4, -0.2) is 67.6 Å². The minimum atomic E-state index is -4.62. The van der Waals surface area contributed by atoms with E-state index in [0.717, 1.165) is 15.5 Å². The molecule has 3 amide bonds. The van der Waals surface area contributed by atoms with Crippen molar-refractivity contribution in [2.24, 2.45) is 0 Å². The van der Waals surface area contributed by atoms with Gasteiger partial charge in [0.25, 0.3) is 11.7 Å². The maximum absolute atomic E-state index is 12.5. The second-order valence-corrected chi connectivity index (χ2v) is 9.25. The molecular formula is C26H24ClF3N10O4. The van der Waals surface area contributed by atoms with Crippen LogP contribution in [0.15, 0.2) is 42.5 Å². The lowest BCUT2D eigenvalue weighted by atomic mass is 10.0. The molecule has 0 bridgehead atoms. The van der Waals surface area contributed by atoms with Crippen molar-refractivity contribution in [3.63, 3.8) is 0 Å². The summed E-state index contributed by atoms with van der Waals surface area (Å²) in [7, 11) is 2.47. The summed E-state index contributed by atoms with van der Waals surface area (Å²) in [5.74, 6) is -1.94. The summed E-state index contributed by atoms with van der Waals surface area (Å²) < 4.78 is 43.4. The van der Waals surface area contributed by atoms with Crippen molar-refractivity contribution < 1.29 is 32.3 Å². The molecule has 2 N–H and O–H groups in total. The highest BCUT2D eigenvalue weighted by atomic mass is 35.5. The van der Waals surface area contributed by atoms with Crippen LogP contribution in [0.4, 0.5) is 23.7 Å². The van der Waals surface area contributed by atoms with E-state index in [2.05, 4.69) is 36.0 Å². The van der Waals surface area contributed by atoms with E-state index in [1.165, 1.54) is 26.3 Å². The monoisotopic (exact) mass is 632 g/mol. The van der Waals surface area contributed by atoms with Crippen molar-refractivity contribution in [3.8, 4) is 11.8 Å². The fourth-order valence-corrected chi connectivity index (χ4v) is 3.94. The van der Waals surface area contributed by atoms with Crippen molar-refractivity contribution in [3.05, 3.63) is 81.4 Å². The number of carbonyl (C=O) groups is 3. The molecule has 0 aliphatic rings. The predicted octanol–water partition coefficient (Wildman–Crippen LogP) is 3.67. The largest absolute Gasteiger partial charge is 0.455 e. The number of anilines is 1. The van der Waals surface area contributed by atoms with Crippen LogP contribution in [0, 0.1) is 25.2 Å². The molecule has 0 spiro atoms. The molecule has 44 heavy (non-hydrogen) atoms. The van der Waals surface area contributed by atoms with Gasteiger partial charge in [0.05, 0.1) is 46.4 Å². The number of ether oxygens (including phenoxy) is 1. The first-order valence-electron chi connectivity index (χ1n) is 12.3. The van der Waals surface area contributed by atoms with Gasteiger partial charge in [0.2, 0.25) is 6.41 Å². The number of hydrogen-bond acceptors (Lipinski definition) is 9. The van der Waals surface area contributed by atoms with Crippen LogP contribution >= 0.6 is 11.6 Å². The van der Waals surface area contributed by atoms with Crippen LogP contribution in [0.25, 0.3) is 5.69 Å². The average molecular weight is 633 g/mol. The second kappa shape index (κ2) is 14.1. The second-order valence-electron chi connectivity index (χ2n) is 8.84. The molecule has 0 radical (unpaired) electrons. The average Bonchev–Trinajstić information content (AvgIpc) is 3.60. The molecule has 0 atom stereocenters. The van der Waals surface area contributed by atoms with Crippen molar-refractivity contribution in [1.29, 1.82) is 5.26 Å². The number of para-hydroxylation sites is 1. The number of alkyl halides is 3. The molecule has 4 aromatic rings. The maximum Gasteiger partial charge on any atom is 0.455 e. The fourth-order valence-electron chi connectivity index (χ4n) is 3.73. The Hall–Kier alpha value is -5.50. The SMILES string of the molecule is COC(=O)N(C)NC(=O)c1cc(C#N)cc(C)c1NC=O.Cc1cc(Cn2nnc(C(F)(F)F)n2)nn1-c1ccccc1Cl. The number of halogens is 4. The number of nitriles is 1. The lowest BCUT2D eigenvalue weighted by Gasteiger charge is -2.18. The van der Waals surface area contributed by atoms with E-state index >= 15 is 0 Å². The Balaban J connectivity index is 0.000000242. The highest BCUT2D eigenvalue weighted by Crippen LogP contribution is 2.25. The third kappa shape index (κ3) is 8.07. The quantitative estimate of drug-likeness (QED) is 0.237. The first kappa shape index (κ1) is 33.0. The number of methoxy groups -OCH3 is 1. The molecule has 0 saturated carbocycles. The number of nitrogens with one attached hydrogen (secondary N) is 2. The number of nitrogens with zero attached hydrogens (tertiary/aromatic N) is 8. The summed E-state index contributed by atoms with van der Waals surface area (Å²) in [5, 5.41) is 26.7. The van der Waals surface area contributed by atoms with Crippen molar-refractivity contribution in [2.75, 3.05) is 19.5 Å². The number of hydrogen-bond donors (Lipinski definition) is 2. The highest BCUT2D eigenvalue weighted by molar-refractivity contribution is 6.32. The van der Waals surface area contributed by atoms with Gasteiger partial charge >= 0.3 is 12.3 Å². The van der Waals surface area contributed by atoms with Crippen LogP contribution in [0.3, 0.4) is 0 Å². The zero-order valence-electron chi connectivity index (χ0n) is 23.5. The van der Waals surface area contributed by atoms with Gasteiger partial charge in [-0.3, -0.25) is 15.0 Å². The van der Waals surface area contributed by atoms with Gasteiger partial charge in [-0.25, -0.2) is 14.5 Å². The third-order valence-corrected chi connectivity index (χ3v) is 5.98. The Bertz CT molecular complexity index is 1710. The van der Waals surface area contributed by atoms with E-state index in [4.69, 9.17) is 16.9 Å². The maximum atomic E-state index is 12.5. The van der Waals surface area contributed by atoms with Gasteiger partial charge in [-0.15, -0.1) is 10.2 Å². The number of benzene rings is 2. The summed E-state index contributed by atoms with van der Waals surface area (Å²) in [6.45, 7) is 3.44. The number of hydrazine groups is 1. The van der Waals surface area contributed by atoms with E-state index in [0.29, 0.717) is 28.4 Å². The topological polar surface area (TPSA) is 173 Å². The number of aryl methyl sites for hydroxylation is 2. The molecular weight excluding hydrogens is 609 g/mol. The van der Waals surface area contributed by atoms with E-state index in [1.54, 1.807) is 35.9 Å². The lowest BCUT2D eigenvalue weighted by Crippen LogP contribution is -2.43. The summed E-state index contributed by atoms with van der Waals surface area (Å²) in [6, 6.07) is 13.6. The molecule has 14 nitrogen and oxygen atoms in total. The number of rotatable bonds is 6. The smallest absolute Gasteiger partial charge is 0.452 e. The van der Waals surface area contributed by atoms with Gasteiger partial charge in [-0.05, 0) is 55.0 Å². The van der Waals surface area contributed by atoms with Crippen molar-refractivity contribution >= 4 is 35.7 Å². The fraction of sp³-hybridized carbons (Fsp3) is 0.231. The Morgan fingerprint density at radius 1 is 1.18 bits per heavy atom. The molecule has 0 aliphatic carbocycles. The van der Waals surface area contributed by atoms with Gasteiger partial charge in [0.15, 0.2) is 0 Å². The van der Waals surface area contributed by atoms with Crippen LogP contribution in [0.5, 0.6) is 0 Å². The van der Waals surface area contributed by atoms with Gasteiger partial charge in [-0.1, -0.05) is 23.7 Å². The highest BCUT2D eigenvalue weighted by Gasteiger charge is 2.36. The predicted molar refractivity (Wildman–Crippen MR) is 148 cm³/mol. The van der Waals surface area contributed by atoms with E-state index in [9.17, 15) is 27.6 Å². The first-order valence-corrected chi connectivity index (χ1v) is 12.7. The Kier molecular flexibility index (Phi) is 10.6. The Morgan fingerprint density at radius 2 is 1.89 bits per heavy atom. The van der Waals surface area contributed by atoms with Crippen LogP contribution in [0.1, 0.15) is 38.7 Å². The zero-order valence-corrected chi connectivity index (χ0v) is 24.3. The number of amides is 3. The molecule has 0 fully saturated rings. The zero-order chi connectivity index (χ0) is 32.6. The van der Waals surface area contributed by atoms with Gasteiger partial charge in [-0.2, -0.15) is 28.3 Å². The molecule has 0 aliphatic heterocycles. The number of carbonyl (C=O) groups excluding carboxylic acids is 3.